The van der Waals surface area contributed by atoms with Crippen LogP contribution in [0.4, 0.5) is 0 Å². The zero-order valence-electron chi connectivity index (χ0n) is 11.1. The predicted molar refractivity (Wildman–Crippen MR) is 88.9 cm³/mol. The summed E-state index contributed by atoms with van der Waals surface area (Å²) in [7, 11) is -2.22. The van der Waals surface area contributed by atoms with Crippen LogP contribution in [0.25, 0.3) is 0 Å². The predicted octanol–water partition coefficient (Wildman–Crippen LogP) is 3.70. The van der Waals surface area contributed by atoms with Crippen molar-refractivity contribution in [2.45, 2.75) is 11.4 Å². The van der Waals surface area contributed by atoms with E-state index in [-0.39, 0.29) is 11.4 Å². The Balaban J connectivity index is 2.24. The molecule has 2 rings (SSSR count). The van der Waals surface area contributed by atoms with Crippen molar-refractivity contribution in [1.29, 1.82) is 0 Å². The smallest absolute Gasteiger partial charge is 0.244 e. The van der Waals surface area contributed by atoms with Gasteiger partial charge in [-0.15, -0.1) is 0 Å². The molecular weight excluding hydrogens is 422 g/mol. The molecule has 1 N–H and O–H groups in total. The van der Waals surface area contributed by atoms with Gasteiger partial charge in [0.05, 0.1) is 7.11 Å². The third-order valence-electron chi connectivity index (χ3n) is 2.77. The highest BCUT2D eigenvalue weighted by Crippen LogP contribution is 2.27. The van der Waals surface area contributed by atoms with Crippen molar-refractivity contribution in [3.8, 4) is 5.75 Å². The van der Waals surface area contributed by atoms with E-state index in [1.165, 1.54) is 13.2 Å². The van der Waals surface area contributed by atoms with Crippen LogP contribution in [0.2, 0.25) is 0 Å². The third kappa shape index (κ3) is 4.29. The van der Waals surface area contributed by atoms with Gasteiger partial charge in [-0.3, -0.25) is 0 Å². The summed E-state index contributed by atoms with van der Waals surface area (Å²) >= 11 is 6.63. The van der Waals surface area contributed by atoms with Crippen LogP contribution >= 0.6 is 31.9 Å². The van der Waals surface area contributed by atoms with E-state index in [0.717, 1.165) is 10.0 Å². The van der Waals surface area contributed by atoms with E-state index in [4.69, 9.17) is 4.74 Å². The van der Waals surface area contributed by atoms with Crippen molar-refractivity contribution in [2.24, 2.45) is 0 Å². The molecule has 0 fully saturated rings. The zero-order chi connectivity index (χ0) is 15.5. The minimum atomic E-state index is -3.66. The van der Waals surface area contributed by atoms with Gasteiger partial charge >= 0.3 is 0 Å². The van der Waals surface area contributed by atoms with E-state index in [1.54, 1.807) is 12.1 Å². The molecule has 112 valence electrons. The fourth-order valence-electron chi connectivity index (χ4n) is 1.76. The Hall–Kier alpha value is -0.890. The Morgan fingerprint density at radius 2 is 1.81 bits per heavy atom. The van der Waals surface area contributed by atoms with Crippen molar-refractivity contribution in [3.63, 3.8) is 0 Å². The maximum absolute atomic E-state index is 12.4. The van der Waals surface area contributed by atoms with Gasteiger partial charge in [0.15, 0.2) is 0 Å². The van der Waals surface area contributed by atoms with Gasteiger partial charge in [0, 0.05) is 15.5 Å². The fourth-order valence-corrected chi connectivity index (χ4v) is 3.93. The summed E-state index contributed by atoms with van der Waals surface area (Å²) in [6.07, 6.45) is 0. The zero-order valence-corrected chi connectivity index (χ0v) is 15.1. The molecule has 0 saturated carbocycles. The lowest BCUT2D eigenvalue weighted by molar-refractivity contribution is 0.402. The van der Waals surface area contributed by atoms with Crippen LogP contribution in [-0.4, -0.2) is 15.5 Å². The Kier molecular flexibility index (Phi) is 5.43. The molecule has 2 aromatic carbocycles. The van der Waals surface area contributed by atoms with Crippen molar-refractivity contribution in [3.05, 3.63) is 57.0 Å². The van der Waals surface area contributed by atoms with Crippen LogP contribution in [0.5, 0.6) is 5.75 Å². The van der Waals surface area contributed by atoms with Gasteiger partial charge in [-0.25, -0.2) is 13.1 Å². The molecule has 0 amide bonds. The summed E-state index contributed by atoms with van der Waals surface area (Å²) in [5.41, 5.74) is 0.863. The first kappa shape index (κ1) is 16.5. The number of hydrogen-bond acceptors (Lipinski definition) is 3. The van der Waals surface area contributed by atoms with Gasteiger partial charge in [0.2, 0.25) is 10.0 Å². The van der Waals surface area contributed by atoms with Crippen molar-refractivity contribution in [2.75, 3.05) is 7.11 Å². The average molecular weight is 435 g/mol. The van der Waals surface area contributed by atoms with Crippen molar-refractivity contribution in [1.82, 2.24) is 4.72 Å². The molecule has 7 heteroatoms. The molecule has 0 spiro atoms. The molecular formula is C14H13Br2NO3S. The Morgan fingerprint density at radius 3 is 2.48 bits per heavy atom. The first-order chi connectivity index (χ1) is 9.92. The molecule has 0 aliphatic heterocycles. The van der Waals surface area contributed by atoms with Crippen LogP contribution < -0.4 is 9.46 Å². The highest BCUT2D eigenvalue weighted by molar-refractivity contribution is 9.10. The number of halogens is 2. The minimum Gasteiger partial charge on any atom is -0.495 e. The van der Waals surface area contributed by atoms with E-state index in [2.05, 4.69) is 36.6 Å². The largest absolute Gasteiger partial charge is 0.495 e. The first-order valence-electron chi connectivity index (χ1n) is 6.00. The molecule has 0 aromatic heterocycles. The number of ether oxygens (including phenoxy) is 1. The average Bonchev–Trinajstić information content (AvgIpc) is 2.45. The van der Waals surface area contributed by atoms with Crippen LogP contribution in [-0.2, 0) is 16.6 Å². The molecule has 21 heavy (non-hydrogen) atoms. The van der Waals surface area contributed by atoms with Crippen LogP contribution in [0.15, 0.2) is 56.3 Å². The molecule has 0 saturated heterocycles. The maximum Gasteiger partial charge on any atom is 0.244 e. The molecule has 0 bridgehead atoms. The topological polar surface area (TPSA) is 55.4 Å². The molecule has 0 radical (unpaired) electrons. The van der Waals surface area contributed by atoms with E-state index in [1.807, 2.05) is 24.3 Å². The molecule has 0 heterocycles. The monoisotopic (exact) mass is 433 g/mol. The van der Waals surface area contributed by atoms with Gasteiger partial charge < -0.3 is 4.74 Å². The first-order valence-corrected chi connectivity index (χ1v) is 9.07. The van der Waals surface area contributed by atoms with Gasteiger partial charge in [-0.1, -0.05) is 44.0 Å². The number of hydrogen-bond donors (Lipinski definition) is 1. The molecule has 0 aliphatic rings. The minimum absolute atomic E-state index is 0.106. The maximum atomic E-state index is 12.4. The number of methoxy groups -OCH3 is 1. The van der Waals surface area contributed by atoms with Gasteiger partial charge in [0.25, 0.3) is 0 Å². The Morgan fingerprint density at radius 1 is 1.10 bits per heavy atom. The second-order valence-electron chi connectivity index (χ2n) is 4.25. The SMILES string of the molecule is COc1ccc(Br)cc1S(=O)(=O)NCc1cccc(Br)c1. The van der Waals surface area contributed by atoms with E-state index in [9.17, 15) is 8.42 Å². The lowest BCUT2D eigenvalue weighted by Gasteiger charge is -2.11. The van der Waals surface area contributed by atoms with Gasteiger partial charge in [0.1, 0.15) is 10.6 Å². The highest BCUT2D eigenvalue weighted by atomic mass is 79.9. The van der Waals surface area contributed by atoms with E-state index >= 15 is 0 Å². The van der Waals surface area contributed by atoms with Gasteiger partial charge in [-0.2, -0.15) is 0 Å². The fraction of sp³-hybridized carbons (Fsp3) is 0.143. The molecule has 0 aliphatic carbocycles. The molecule has 2 aromatic rings. The molecule has 0 unspecified atom stereocenters. The number of rotatable bonds is 5. The third-order valence-corrected chi connectivity index (χ3v) is 5.18. The summed E-state index contributed by atoms with van der Waals surface area (Å²) in [4.78, 5) is 0.106. The van der Waals surface area contributed by atoms with E-state index < -0.39 is 10.0 Å². The summed E-state index contributed by atoms with van der Waals surface area (Å²) < 4.78 is 34.1. The standard InChI is InChI=1S/C14H13Br2NO3S/c1-20-13-6-5-12(16)8-14(13)21(18,19)17-9-10-3-2-4-11(15)7-10/h2-8,17H,9H2,1H3. The summed E-state index contributed by atoms with van der Waals surface area (Å²) in [6.45, 7) is 0.206. The number of benzene rings is 2. The van der Waals surface area contributed by atoms with Crippen molar-refractivity contribution < 1.29 is 13.2 Å². The Bertz CT molecular complexity index is 748. The van der Waals surface area contributed by atoms with E-state index in [0.29, 0.717) is 10.2 Å². The quantitative estimate of drug-likeness (QED) is 0.780. The second-order valence-corrected chi connectivity index (χ2v) is 7.82. The normalized spacial score (nSPS) is 11.4. The number of nitrogens with one attached hydrogen (secondary N) is 1. The van der Waals surface area contributed by atoms with Crippen LogP contribution in [0.3, 0.4) is 0 Å². The van der Waals surface area contributed by atoms with Crippen LogP contribution in [0.1, 0.15) is 5.56 Å². The second kappa shape index (κ2) is 6.91. The van der Waals surface area contributed by atoms with Crippen molar-refractivity contribution >= 4 is 41.9 Å². The molecule has 0 atom stereocenters. The summed E-state index contributed by atoms with van der Waals surface area (Å²) in [6, 6.07) is 12.3. The lowest BCUT2D eigenvalue weighted by atomic mass is 10.2. The number of sulfonamides is 1. The highest BCUT2D eigenvalue weighted by Gasteiger charge is 2.19. The summed E-state index contributed by atoms with van der Waals surface area (Å²) in [5, 5.41) is 0. The Labute approximate surface area is 140 Å². The van der Waals surface area contributed by atoms with Gasteiger partial charge in [-0.05, 0) is 35.9 Å². The lowest BCUT2D eigenvalue weighted by Crippen LogP contribution is -2.23. The van der Waals surface area contributed by atoms with Crippen LogP contribution in [0, 0.1) is 0 Å². The summed E-state index contributed by atoms with van der Waals surface area (Å²) in [5.74, 6) is 0.306. The molecule has 4 nitrogen and oxygen atoms in total.